The zero-order valence-corrected chi connectivity index (χ0v) is 33.2. The minimum Gasteiger partial charge on any atom is -0.309 e. The topological polar surface area (TPSA) is 68.6 Å². The van der Waals surface area contributed by atoms with Crippen LogP contribution in [0.4, 0.5) is 0 Å². The molecule has 0 bridgehead atoms. The Morgan fingerprint density at radius 3 is 1.43 bits per heavy atom. The summed E-state index contributed by atoms with van der Waals surface area (Å²) in [5.74, 6) is 0. The summed E-state index contributed by atoms with van der Waals surface area (Å²) in [7, 11) is -3.12. The average molecular weight is 787 g/mol. The lowest BCUT2D eigenvalue weighted by Crippen LogP contribution is -2.24. The maximum atomic E-state index is 15.1. The van der Waals surface area contributed by atoms with E-state index in [0.717, 1.165) is 104 Å². The van der Waals surface area contributed by atoms with Crippen molar-refractivity contribution >= 4 is 66.4 Å². The van der Waals surface area contributed by atoms with Gasteiger partial charge in [-0.1, -0.05) is 146 Å². The Morgan fingerprint density at radius 1 is 0.333 bits per heavy atom. The van der Waals surface area contributed by atoms with Crippen LogP contribution in [-0.4, -0.2) is 19.9 Å². The van der Waals surface area contributed by atoms with Gasteiger partial charge >= 0.3 is 0 Å². The van der Waals surface area contributed by atoms with Crippen molar-refractivity contribution in [3.05, 3.63) is 213 Å². The lowest BCUT2D eigenvalue weighted by molar-refractivity contribution is 0.592. The van der Waals surface area contributed by atoms with Gasteiger partial charge in [-0.15, -0.1) is 0 Å². The van der Waals surface area contributed by atoms with Crippen LogP contribution in [0, 0.1) is 0 Å². The molecular formula is C54H35N4OP. The zero-order chi connectivity index (χ0) is 40.0. The average Bonchev–Trinajstić information content (AvgIpc) is 3.33. The van der Waals surface area contributed by atoms with Crippen LogP contribution in [0.1, 0.15) is 0 Å². The number of nitrogens with zero attached hydrogens (tertiary/aromatic N) is 4. The molecule has 11 aromatic rings. The van der Waals surface area contributed by atoms with Gasteiger partial charge in [0.05, 0.1) is 28.1 Å². The van der Waals surface area contributed by atoms with Crippen molar-refractivity contribution in [2.45, 2.75) is 0 Å². The first-order valence-electron chi connectivity index (χ1n) is 20.0. The predicted molar refractivity (Wildman–Crippen MR) is 249 cm³/mol. The number of fused-ring (bicyclic) bond motifs is 5. The summed E-state index contributed by atoms with van der Waals surface area (Å²) in [4.78, 5) is 19.8. The molecule has 0 N–H and O–H groups in total. The fourth-order valence-electron chi connectivity index (χ4n) is 8.61. The Labute approximate surface area is 347 Å². The lowest BCUT2D eigenvalue weighted by atomic mass is 9.86. The molecule has 0 saturated heterocycles. The van der Waals surface area contributed by atoms with Crippen LogP contribution in [0.5, 0.6) is 0 Å². The van der Waals surface area contributed by atoms with E-state index in [2.05, 4.69) is 91.0 Å². The quantitative estimate of drug-likeness (QED) is 0.0914. The summed E-state index contributed by atoms with van der Waals surface area (Å²) in [6.07, 6.45) is 5.53. The molecule has 0 atom stereocenters. The summed E-state index contributed by atoms with van der Waals surface area (Å²) in [6, 6.07) is 65.8. The molecule has 5 nitrogen and oxygen atoms in total. The van der Waals surface area contributed by atoms with Crippen LogP contribution in [0.25, 0.3) is 88.2 Å². The number of pyridine rings is 4. The van der Waals surface area contributed by atoms with Gasteiger partial charge < -0.3 is 4.57 Å². The van der Waals surface area contributed by atoms with Crippen molar-refractivity contribution in [3.8, 4) is 44.9 Å². The summed E-state index contributed by atoms with van der Waals surface area (Å²) in [6.45, 7) is 0. The second kappa shape index (κ2) is 14.7. The first-order chi connectivity index (χ1) is 29.6. The van der Waals surface area contributed by atoms with Crippen LogP contribution in [0.2, 0.25) is 0 Å². The van der Waals surface area contributed by atoms with Gasteiger partial charge in [0.1, 0.15) is 0 Å². The molecule has 282 valence electrons. The minimum absolute atomic E-state index is 0.795. The van der Waals surface area contributed by atoms with Crippen molar-refractivity contribution in [1.82, 2.24) is 19.9 Å². The molecule has 4 heterocycles. The third-order valence-electron chi connectivity index (χ3n) is 11.5. The molecule has 0 fully saturated rings. The molecule has 0 unspecified atom stereocenters. The Bertz CT molecular complexity index is 3390. The third-order valence-corrected chi connectivity index (χ3v) is 14.6. The van der Waals surface area contributed by atoms with Crippen molar-refractivity contribution in [2.24, 2.45) is 0 Å². The first kappa shape index (κ1) is 35.6. The highest BCUT2D eigenvalue weighted by molar-refractivity contribution is 7.85. The molecule has 60 heavy (non-hydrogen) atoms. The number of benzene rings is 7. The summed E-state index contributed by atoms with van der Waals surface area (Å²) in [5, 5.41) is 8.80. The van der Waals surface area contributed by atoms with E-state index >= 15 is 4.57 Å². The Hall–Kier alpha value is -7.59. The van der Waals surface area contributed by atoms with Gasteiger partial charge in [-0.3, -0.25) is 15.0 Å². The highest BCUT2D eigenvalue weighted by Crippen LogP contribution is 2.46. The Morgan fingerprint density at radius 2 is 0.833 bits per heavy atom. The molecule has 0 aliphatic heterocycles. The van der Waals surface area contributed by atoms with Crippen molar-refractivity contribution in [2.75, 3.05) is 0 Å². The van der Waals surface area contributed by atoms with Crippen molar-refractivity contribution in [3.63, 3.8) is 0 Å². The van der Waals surface area contributed by atoms with Crippen LogP contribution in [0.3, 0.4) is 0 Å². The van der Waals surface area contributed by atoms with Gasteiger partial charge in [-0.25, -0.2) is 4.98 Å². The van der Waals surface area contributed by atoms with Crippen LogP contribution in [-0.2, 0) is 4.57 Å². The maximum Gasteiger partial charge on any atom is 0.171 e. The van der Waals surface area contributed by atoms with E-state index in [1.807, 2.05) is 122 Å². The normalized spacial score (nSPS) is 11.7. The fraction of sp³-hybridized carbons (Fsp3) is 0. The molecule has 0 saturated carbocycles. The largest absolute Gasteiger partial charge is 0.309 e. The second-order valence-electron chi connectivity index (χ2n) is 14.9. The molecule has 0 aliphatic carbocycles. The van der Waals surface area contributed by atoms with Crippen LogP contribution in [0.15, 0.2) is 213 Å². The smallest absolute Gasteiger partial charge is 0.171 e. The Balaban J connectivity index is 1.12. The SMILES string of the molecule is O=P(c1ccccc1)(c1ccccc1)c1ccc(-c2ccc3c(-c4ccccn4)c4cc(-c5ccc6ccc7cccnc7c6n5)ccc4c(-c4ccccn4)c3c2)cc1. The van der Waals surface area contributed by atoms with Gasteiger partial charge in [-0.2, -0.15) is 0 Å². The van der Waals surface area contributed by atoms with E-state index in [4.69, 9.17) is 19.9 Å². The number of hydrogen-bond acceptors (Lipinski definition) is 5. The van der Waals surface area contributed by atoms with Crippen LogP contribution >= 0.6 is 7.14 Å². The molecule has 7 aromatic carbocycles. The van der Waals surface area contributed by atoms with Crippen molar-refractivity contribution in [1.29, 1.82) is 0 Å². The predicted octanol–water partition coefficient (Wildman–Crippen LogP) is 12.2. The first-order valence-corrected chi connectivity index (χ1v) is 21.7. The molecule has 0 aliphatic rings. The highest BCUT2D eigenvalue weighted by Gasteiger charge is 2.29. The van der Waals surface area contributed by atoms with E-state index in [9.17, 15) is 0 Å². The highest BCUT2D eigenvalue weighted by atomic mass is 31.2. The molecule has 11 rings (SSSR count). The van der Waals surface area contributed by atoms with E-state index in [1.165, 1.54) is 0 Å². The number of rotatable bonds is 7. The zero-order valence-electron chi connectivity index (χ0n) is 32.4. The van der Waals surface area contributed by atoms with Crippen molar-refractivity contribution < 1.29 is 4.57 Å². The minimum atomic E-state index is -3.12. The molecule has 4 aromatic heterocycles. The number of aromatic nitrogens is 4. The second-order valence-corrected chi connectivity index (χ2v) is 17.7. The molecule has 0 radical (unpaired) electrons. The standard InChI is InChI=1S/C54H35N4OP/c59-60(41-13-3-1-4-14-41,42-15-5-2-6-16-42)43-26-21-36(22-27-43)39-23-28-44-46(34-39)51(49-17-7-9-31-55-49)45-29-24-40(35-47(45)52(44)50-18-8-10-32-56-50)48-30-25-38-20-19-37-12-11-33-57-53(37)54(38)58-48/h1-35H. The monoisotopic (exact) mass is 786 g/mol. The van der Waals surface area contributed by atoms with Gasteiger partial charge in [0.15, 0.2) is 7.14 Å². The lowest BCUT2D eigenvalue weighted by Gasteiger charge is -2.20. The summed E-state index contributed by atoms with van der Waals surface area (Å²) >= 11 is 0. The van der Waals surface area contributed by atoms with Gasteiger partial charge in [0.25, 0.3) is 0 Å². The summed E-state index contributed by atoms with van der Waals surface area (Å²) in [5.41, 5.74) is 9.57. The van der Waals surface area contributed by atoms with Gasteiger partial charge in [0.2, 0.25) is 0 Å². The van der Waals surface area contributed by atoms with E-state index < -0.39 is 7.14 Å². The van der Waals surface area contributed by atoms with E-state index in [0.29, 0.717) is 0 Å². The molecule has 6 heteroatoms. The summed E-state index contributed by atoms with van der Waals surface area (Å²) < 4.78 is 15.1. The Kier molecular flexibility index (Phi) is 8.69. The maximum absolute atomic E-state index is 15.1. The molecule has 0 amide bonds. The van der Waals surface area contributed by atoms with Gasteiger partial charge in [-0.05, 0) is 81.2 Å². The third kappa shape index (κ3) is 5.98. The van der Waals surface area contributed by atoms with E-state index in [1.54, 1.807) is 0 Å². The fourth-order valence-corrected chi connectivity index (χ4v) is 11.3. The van der Waals surface area contributed by atoms with Crippen LogP contribution < -0.4 is 15.9 Å². The van der Waals surface area contributed by atoms with Gasteiger partial charge in [0, 0.05) is 62.0 Å². The van der Waals surface area contributed by atoms with E-state index in [-0.39, 0.29) is 0 Å². The number of hydrogen-bond donors (Lipinski definition) is 0. The molecule has 0 spiro atoms. The molecular weight excluding hydrogens is 752 g/mol.